The molecule has 3 aliphatic rings. The maximum Gasteiger partial charge on any atom is 0.251 e. The van der Waals surface area contributed by atoms with Crippen molar-refractivity contribution >= 4 is 34.1 Å². The molecule has 2 amide bonds. The summed E-state index contributed by atoms with van der Waals surface area (Å²) in [5.41, 5.74) is 2.09. The summed E-state index contributed by atoms with van der Waals surface area (Å²) in [6.07, 6.45) is 0.866. The van der Waals surface area contributed by atoms with Gasteiger partial charge in [0.25, 0.3) is 5.91 Å². The second-order valence-electron chi connectivity index (χ2n) is 12.3. The van der Waals surface area contributed by atoms with Crippen molar-refractivity contribution in [3.05, 3.63) is 35.2 Å². The SMILES string of the molecule is COCCN1CCN(c2nc(-c3ccc(C(=O)N[C@@H](CC(C)(C)C)C(=O)N4CC[C@H]5OCC(=O)[C@H]54)cc3)cs2)CC1. The van der Waals surface area contributed by atoms with Crippen LogP contribution < -0.4 is 10.2 Å². The molecule has 11 heteroatoms. The standard InChI is InChI=1S/C30H41N5O5S/c1-30(2,3)17-22(28(38)35-10-9-25-26(35)24(36)18-40-25)31-27(37)21-7-5-20(6-8-21)23-19-41-29(32-23)34-13-11-33(12-14-34)15-16-39-4/h5-8,19,22,25-26H,9-18H2,1-4H3,(H,31,37)/t22-,25+,26+/m0/s1. The average Bonchev–Trinajstić information content (AvgIpc) is 3.69. The van der Waals surface area contributed by atoms with Crippen LogP contribution in [-0.4, -0.2) is 110 Å². The number of piperazine rings is 1. The predicted molar refractivity (Wildman–Crippen MR) is 158 cm³/mol. The highest BCUT2D eigenvalue weighted by Crippen LogP contribution is 2.31. The second-order valence-corrected chi connectivity index (χ2v) is 13.1. The van der Waals surface area contributed by atoms with Crippen molar-refractivity contribution in [1.29, 1.82) is 0 Å². The minimum Gasteiger partial charge on any atom is -0.383 e. The van der Waals surface area contributed by atoms with Crippen molar-refractivity contribution in [2.75, 3.05) is 64.5 Å². The van der Waals surface area contributed by atoms with Gasteiger partial charge in [0, 0.05) is 62.9 Å². The van der Waals surface area contributed by atoms with Gasteiger partial charge in [0.1, 0.15) is 18.7 Å². The quantitative estimate of drug-likeness (QED) is 0.481. The first-order valence-electron chi connectivity index (χ1n) is 14.4. The molecule has 1 N–H and O–H groups in total. The molecular weight excluding hydrogens is 542 g/mol. The smallest absolute Gasteiger partial charge is 0.251 e. The van der Waals surface area contributed by atoms with Crippen LogP contribution in [0.1, 0.15) is 44.0 Å². The van der Waals surface area contributed by atoms with Crippen LogP contribution in [-0.2, 0) is 19.1 Å². The Labute approximate surface area is 246 Å². The number of ketones is 1. The first kappa shape index (κ1) is 29.6. The molecule has 1 aromatic heterocycles. The van der Waals surface area contributed by atoms with Gasteiger partial charge < -0.3 is 24.6 Å². The summed E-state index contributed by atoms with van der Waals surface area (Å²) in [6.45, 7) is 12.2. The van der Waals surface area contributed by atoms with E-state index in [9.17, 15) is 14.4 Å². The van der Waals surface area contributed by atoms with E-state index in [-0.39, 0.29) is 35.7 Å². The van der Waals surface area contributed by atoms with E-state index >= 15 is 0 Å². The Balaban J connectivity index is 1.22. The molecule has 0 spiro atoms. The summed E-state index contributed by atoms with van der Waals surface area (Å²) in [5, 5.41) is 6.03. The Morgan fingerprint density at radius 3 is 2.56 bits per heavy atom. The third-order valence-corrected chi connectivity index (χ3v) is 8.91. The normalized spacial score (nSPS) is 22.2. The molecule has 5 rings (SSSR count). The van der Waals surface area contributed by atoms with Crippen molar-refractivity contribution in [3.63, 3.8) is 0 Å². The van der Waals surface area contributed by atoms with Crippen LogP contribution in [0.15, 0.2) is 29.6 Å². The van der Waals surface area contributed by atoms with E-state index in [0.29, 0.717) is 24.9 Å². The summed E-state index contributed by atoms with van der Waals surface area (Å²) in [6, 6.07) is 6.08. The van der Waals surface area contributed by atoms with Crippen LogP contribution in [0.2, 0.25) is 0 Å². The zero-order chi connectivity index (χ0) is 29.1. The number of aromatic nitrogens is 1. The van der Waals surface area contributed by atoms with Crippen LogP contribution in [0.4, 0.5) is 5.13 Å². The van der Waals surface area contributed by atoms with Gasteiger partial charge in [0.15, 0.2) is 10.9 Å². The number of likely N-dealkylation sites (tertiary alicyclic amines) is 1. The van der Waals surface area contributed by atoms with Crippen LogP contribution in [0.3, 0.4) is 0 Å². The highest BCUT2D eigenvalue weighted by molar-refractivity contribution is 7.14. The van der Waals surface area contributed by atoms with E-state index in [4.69, 9.17) is 14.5 Å². The number of amides is 2. The fourth-order valence-corrected chi connectivity index (χ4v) is 6.70. The molecule has 222 valence electrons. The average molecular weight is 584 g/mol. The molecule has 0 saturated carbocycles. The van der Waals surface area contributed by atoms with Crippen molar-refractivity contribution < 1.29 is 23.9 Å². The molecule has 0 aliphatic carbocycles. The molecule has 0 radical (unpaired) electrons. The van der Waals surface area contributed by atoms with Gasteiger partial charge in [-0.3, -0.25) is 19.3 Å². The molecule has 0 bridgehead atoms. The maximum atomic E-state index is 13.6. The monoisotopic (exact) mass is 583 g/mol. The van der Waals surface area contributed by atoms with E-state index in [1.807, 2.05) is 32.9 Å². The number of fused-ring (bicyclic) bond motifs is 1. The molecule has 0 unspecified atom stereocenters. The molecule has 3 saturated heterocycles. The maximum absolute atomic E-state index is 13.6. The summed E-state index contributed by atoms with van der Waals surface area (Å²) in [4.78, 5) is 50.5. The van der Waals surface area contributed by atoms with E-state index in [1.165, 1.54) is 0 Å². The molecule has 10 nitrogen and oxygen atoms in total. The Morgan fingerprint density at radius 1 is 1.15 bits per heavy atom. The van der Waals surface area contributed by atoms with Gasteiger partial charge in [-0.1, -0.05) is 32.9 Å². The number of hydrogen-bond acceptors (Lipinski definition) is 9. The largest absolute Gasteiger partial charge is 0.383 e. The highest BCUT2D eigenvalue weighted by atomic mass is 32.1. The van der Waals surface area contributed by atoms with Crippen LogP contribution >= 0.6 is 11.3 Å². The lowest BCUT2D eigenvalue weighted by atomic mass is 9.87. The van der Waals surface area contributed by atoms with Gasteiger partial charge >= 0.3 is 0 Å². The number of methoxy groups -OCH3 is 1. The Bertz CT molecular complexity index is 1230. The molecule has 3 atom stereocenters. The molecule has 4 heterocycles. The van der Waals surface area contributed by atoms with E-state index < -0.39 is 12.1 Å². The number of thiazole rings is 1. The minimum atomic E-state index is -0.731. The number of carbonyl (C=O) groups excluding carboxylic acids is 3. The van der Waals surface area contributed by atoms with Gasteiger partial charge in [-0.15, -0.1) is 11.3 Å². The Morgan fingerprint density at radius 2 is 1.88 bits per heavy atom. The Hall–Kier alpha value is -2.86. The summed E-state index contributed by atoms with van der Waals surface area (Å²) in [7, 11) is 1.73. The topological polar surface area (TPSA) is 104 Å². The summed E-state index contributed by atoms with van der Waals surface area (Å²) in [5.74, 6) is -0.591. The number of ether oxygens (including phenoxy) is 2. The van der Waals surface area contributed by atoms with Crippen molar-refractivity contribution in [2.24, 2.45) is 5.41 Å². The minimum absolute atomic E-state index is 0.0494. The van der Waals surface area contributed by atoms with Crippen molar-refractivity contribution in [1.82, 2.24) is 20.1 Å². The first-order chi connectivity index (χ1) is 19.6. The number of hydrogen-bond donors (Lipinski definition) is 1. The van der Waals surface area contributed by atoms with Crippen molar-refractivity contribution in [3.8, 4) is 11.3 Å². The number of nitrogens with one attached hydrogen (secondary N) is 1. The van der Waals surface area contributed by atoms with Gasteiger partial charge in [0.2, 0.25) is 5.91 Å². The third-order valence-electron chi connectivity index (χ3n) is 8.00. The van der Waals surface area contributed by atoms with Gasteiger partial charge in [0.05, 0.1) is 18.4 Å². The van der Waals surface area contributed by atoms with E-state index in [2.05, 4.69) is 20.5 Å². The number of anilines is 1. The number of rotatable bonds is 9. The van der Waals surface area contributed by atoms with Crippen LogP contribution in [0.5, 0.6) is 0 Å². The highest BCUT2D eigenvalue weighted by Gasteiger charge is 2.48. The predicted octanol–water partition coefficient (Wildman–Crippen LogP) is 2.68. The number of Topliss-reactive ketones (excluding diaryl/α,β-unsaturated/α-hetero) is 1. The molecule has 3 aliphatic heterocycles. The number of carbonyl (C=O) groups is 3. The van der Waals surface area contributed by atoms with Crippen LogP contribution in [0.25, 0.3) is 11.3 Å². The fraction of sp³-hybridized carbons (Fsp3) is 0.600. The zero-order valence-corrected chi connectivity index (χ0v) is 25.2. The van der Waals surface area contributed by atoms with Gasteiger partial charge in [-0.2, -0.15) is 0 Å². The lowest BCUT2D eigenvalue weighted by Gasteiger charge is -2.34. The molecule has 1 aromatic carbocycles. The molecular formula is C30H41N5O5S. The van der Waals surface area contributed by atoms with Gasteiger partial charge in [-0.25, -0.2) is 4.98 Å². The molecule has 3 fully saturated rings. The molecule has 41 heavy (non-hydrogen) atoms. The van der Waals surface area contributed by atoms with E-state index in [0.717, 1.165) is 55.7 Å². The van der Waals surface area contributed by atoms with Gasteiger partial charge in [-0.05, 0) is 30.4 Å². The van der Waals surface area contributed by atoms with Crippen molar-refractivity contribution in [2.45, 2.75) is 51.8 Å². The third kappa shape index (κ3) is 6.97. The summed E-state index contributed by atoms with van der Waals surface area (Å²) >= 11 is 1.63. The number of benzene rings is 1. The fourth-order valence-electron chi connectivity index (χ4n) is 5.81. The van der Waals surface area contributed by atoms with Crippen LogP contribution in [0, 0.1) is 5.41 Å². The number of nitrogens with zero attached hydrogens (tertiary/aromatic N) is 4. The summed E-state index contributed by atoms with van der Waals surface area (Å²) < 4.78 is 10.8. The zero-order valence-electron chi connectivity index (χ0n) is 24.4. The molecule has 2 aromatic rings. The lowest BCUT2D eigenvalue weighted by molar-refractivity contribution is -0.138. The second kappa shape index (κ2) is 12.6. The Kier molecular flexibility index (Phi) is 9.08. The van der Waals surface area contributed by atoms with E-state index in [1.54, 1.807) is 35.5 Å². The first-order valence-corrected chi connectivity index (χ1v) is 15.3. The lowest BCUT2D eigenvalue weighted by Crippen LogP contribution is -2.53.